The van der Waals surface area contributed by atoms with E-state index in [0.29, 0.717) is 17.3 Å². The van der Waals surface area contributed by atoms with Crippen molar-refractivity contribution in [3.63, 3.8) is 0 Å². The lowest BCUT2D eigenvalue weighted by Gasteiger charge is -2.42. The number of hydrogen-bond donors (Lipinski definition) is 0. The highest BCUT2D eigenvalue weighted by Crippen LogP contribution is 2.51. The summed E-state index contributed by atoms with van der Waals surface area (Å²) >= 11 is 0. The molecule has 0 heterocycles. The van der Waals surface area contributed by atoms with Crippen LogP contribution in [0, 0.1) is 34.5 Å². The zero-order valence-corrected chi connectivity index (χ0v) is 12.3. The van der Waals surface area contributed by atoms with Crippen molar-refractivity contribution >= 4 is 0 Å². The average molecular weight is 247 g/mol. The van der Waals surface area contributed by atoms with E-state index in [0.717, 1.165) is 5.92 Å². The number of rotatable bonds is 1. The predicted octanol–water partition coefficient (Wildman–Crippen LogP) is 5.31. The van der Waals surface area contributed by atoms with Crippen LogP contribution in [0.15, 0.2) is 0 Å². The Morgan fingerprint density at radius 2 is 1.56 bits per heavy atom. The molecule has 0 bridgehead atoms. The summed E-state index contributed by atoms with van der Waals surface area (Å²) in [6.45, 7) is 4.76. The van der Waals surface area contributed by atoms with Gasteiger partial charge in [0.2, 0.25) is 0 Å². The maximum atomic E-state index is 9.67. The molecule has 0 saturated heterocycles. The van der Waals surface area contributed by atoms with Gasteiger partial charge < -0.3 is 0 Å². The molecule has 18 heavy (non-hydrogen) atoms. The second-order valence-corrected chi connectivity index (χ2v) is 7.02. The Kier molecular flexibility index (Phi) is 4.71. The zero-order valence-electron chi connectivity index (χ0n) is 12.3. The first kappa shape index (κ1) is 13.9. The lowest BCUT2D eigenvalue weighted by molar-refractivity contribution is 0.0773. The molecule has 2 fully saturated rings. The highest BCUT2D eigenvalue weighted by molar-refractivity contribution is 5.02. The maximum absolute atomic E-state index is 9.67. The smallest absolute Gasteiger partial charge is 0.0664 e. The minimum atomic E-state index is 0.295. The van der Waals surface area contributed by atoms with E-state index in [2.05, 4.69) is 19.9 Å². The summed E-state index contributed by atoms with van der Waals surface area (Å²) in [5.74, 6) is 1.71. The third-order valence-electron chi connectivity index (χ3n) is 5.83. The Morgan fingerprint density at radius 1 is 0.944 bits per heavy atom. The van der Waals surface area contributed by atoms with Crippen LogP contribution < -0.4 is 0 Å². The zero-order chi connectivity index (χ0) is 13.0. The van der Waals surface area contributed by atoms with Crippen molar-refractivity contribution in [1.82, 2.24) is 0 Å². The first-order valence-corrected chi connectivity index (χ1v) is 8.08. The van der Waals surface area contributed by atoms with E-state index in [9.17, 15) is 5.26 Å². The number of hydrogen-bond acceptors (Lipinski definition) is 1. The van der Waals surface area contributed by atoms with Crippen LogP contribution >= 0.6 is 0 Å². The monoisotopic (exact) mass is 247 g/mol. The summed E-state index contributed by atoms with van der Waals surface area (Å²) in [4.78, 5) is 0. The van der Waals surface area contributed by atoms with Crippen LogP contribution in [0.1, 0.15) is 78.1 Å². The van der Waals surface area contributed by atoms with Crippen LogP contribution in [-0.4, -0.2) is 0 Å². The van der Waals surface area contributed by atoms with Gasteiger partial charge in [-0.1, -0.05) is 52.4 Å². The van der Waals surface area contributed by atoms with E-state index in [1.807, 2.05) is 0 Å². The number of nitriles is 1. The Morgan fingerprint density at radius 3 is 2.17 bits per heavy atom. The summed E-state index contributed by atoms with van der Waals surface area (Å²) in [6.07, 6.45) is 13.6. The predicted molar refractivity (Wildman–Crippen MR) is 76.0 cm³/mol. The fourth-order valence-electron chi connectivity index (χ4n) is 4.62. The molecule has 0 N–H and O–H groups in total. The Hall–Kier alpha value is -0.510. The van der Waals surface area contributed by atoms with Crippen LogP contribution in [0.25, 0.3) is 0 Å². The van der Waals surface area contributed by atoms with Gasteiger partial charge in [0.25, 0.3) is 0 Å². The van der Waals surface area contributed by atoms with E-state index in [1.165, 1.54) is 64.2 Å². The third-order valence-corrected chi connectivity index (χ3v) is 5.83. The minimum Gasteiger partial charge on any atom is -0.198 e. The minimum absolute atomic E-state index is 0.295. The van der Waals surface area contributed by atoms with Crippen LogP contribution in [-0.2, 0) is 0 Å². The standard InChI is InChI=1S/C17H29N/c1-14-9-7-8-12-17(2,16(14)13-18)15-10-5-3-4-6-11-15/h14-16H,3-12H2,1-2H3. The first-order chi connectivity index (χ1) is 8.68. The van der Waals surface area contributed by atoms with Crippen LogP contribution in [0.2, 0.25) is 0 Å². The van der Waals surface area contributed by atoms with Crippen molar-refractivity contribution in [1.29, 1.82) is 5.26 Å². The lowest BCUT2D eigenvalue weighted by atomic mass is 9.61. The van der Waals surface area contributed by atoms with Gasteiger partial charge in [0.05, 0.1) is 12.0 Å². The van der Waals surface area contributed by atoms with Gasteiger partial charge in [-0.2, -0.15) is 5.26 Å². The molecule has 2 aliphatic rings. The molecule has 0 spiro atoms. The van der Waals surface area contributed by atoms with Gasteiger partial charge in [-0.25, -0.2) is 0 Å². The normalized spacial score (nSPS) is 39.6. The van der Waals surface area contributed by atoms with Crippen LogP contribution in [0.4, 0.5) is 0 Å². The summed E-state index contributed by atoms with van der Waals surface area (Å²) < 4.78 is 0. The second kappa shape index (κ2) is 6.09. The van der Waals surface area contributed by atoms with E-state index < -0.39 is 0 Å². The van der Waals surface area contributed by atoms with Gasteiger partial charge in [0.15, 0.2) is 0 Å². The topological polar surface area (TPSA) is 23.8 Å². The molecular formula is C17H29N. The molecule has 0 amide bonds. The van der Waals surface area contributed by atoms with Gasteiger partial charge in [0, 0.05) is 0 Å². The SMILES string of the molecule is CC1CCCCC(C)(C2CCCCCC2)C1C#N. The van der Waals surface area contributed by atoms with Gasteiger partial charge >= 0.3 is 0 Å². The number of nitrogens with zero attached hydrogens (tertiary/aromatic N) is 1. The molecule has 0 aromatic carbocycles. The molecule has 3 unspecified atom stereocenters. The van der Waals surface area contributed by atoms with E-state index in [1.54, 1.807) is 0 Å². The Bertz CT molecular complexity index is 295. The van der Waals surface area contributed by atoms with Crippen molar-refractivity contribution in [3.05, 3.63) is 0 Å². The van der Waals surface area contributed by atoms with Gasteiger partial charge in [-0.15, -0.1) is 0 Å². The second-order valence-electron chi connectivity index (χ2n) is 7.02. The quantitative estimate of drug-likeness (QED) is 0.576. The summed E-state index contributed by atoms with van der Waals surface area (Å²) in [5, 5.41) is 9.67. The molecular weight excluding hydrogens is 218 g/mol. The van der Waals surface area contributed by atoms with E-state index >= 15 is 0 Å². The van der Waals surface area contributed by atoms with Gasteiger partial charge in [-0.05, 0) is 42.9 Å². The molecule has 0 aliphatic heterocycles. The van der Waals surface area contributed by atoms with Gasteiger partial charge in [-0.3, -0.25) is 0 Å². The first-order valence-electron chi connectivity index (χ1n) is 8.08. The van der Waals surface area contributed by atoms with Crippen molar-refractivity contribution in [2.75, 3.05) is 0 Å². The fourth-order valence-corrected chi connectivity index (χ4v) is 4.62. The fraction of sp³-hybridized carbons (Fsp3) is 0.941. The van der Waals surface area contributed by atoms with Crippen LogP contribution in [0.5, 0.6) is 0 Å². The molecule has 1 nitrogen and oxygen atoms in total. The largest absolute Gasteiger partial charge is 0.198 e. The van der Waals surface area contributed by atoms with E-state index in [4.69, 9.17) is 0 Å². The molecule has 102 valence electrons. The molecule has 2 aliphatic carbocycles. The third kappa shape index (κ3) is 2.73. The average Bonchev–Trinajstić information content (AvgIpc) is 2.70. The maximum Gasteiger partial charge on any atom is 0.0664 e. The van der Waals surface area contributed by atoms with Crippen molar-refractivity contribution in [3.8, 4) is 6.07 Å². The van der Waals surface area contributed by atoms with Crippen molar-refractivity contribution < 1.29 is 0 Å². The molecule has 0 aromatic heterocycles. The van der Waals surface area contributed by atoms with Gasteiger partial charge in [0.1, 0.15) is 0 Å². The molecule has 0 radical (unpaired) electrons. The molecule has 1 heteroatoms. The van der Waals surface area contributed by atoms with Crippen LogP contribution in [0.3, 0.4) is 0 Å². The molecule has 3 atom stereocenters. The molecule has 2 saturated carbocycles. The summed E-state index contributed by atoms with van der Waals surface area (Å²) in [5.41, 5.74) is 0.301. The van der Waals surface area contributed by atoms with Crippen molar-refractivity contribution in [2.24, 2.45) is 23.2 Å². The lowest BCUT2D eigenvalue weighted by Crippen LogP contribution is -2.37. The molecule has 2 rings (SSSR count). The van der Waals surface area contributed by atoms with E-state index in [-0.39, 0.29) is 0 Å². The highest BCUT2D eigenvalue weighted by Gasteiger charge is 2.44. The summed E-state index contributed by atoms with van der Waals surface area (Å²) in [7, 11) is 0. The Balaban J connectivity index is 2.20. The van der Waals surface area contributed by atoms with Crippen molar-refractivity contribution in [2.45, 2.75) is 78.1 Å². The molecule has 0 aromatic rings. The Labute approximate surface area is 113 Å². The highest BCUT2D eigenvalue weighted by atomic mass is 14.5. The summed E-state index contributed by atoms with van der Waals surface area (Å²) in [6, 6.07) is 2.70.